The Morgan fingerprint density at radius 2 is 1.82 bits per heavy atom. The molecule has 1 saturated heterocycles. The fourth-order valence-electron chi connectivity index (χ4n) is 3.23. The second-order valence-corrected chi connectivity index (χ2v) is 6.47. The van der Waals surface area contributed by atoms with Crippen LogP contribution in [-0.4, -0.2) is 46.5 Å². The van der Waals surface area contributed by atoms with Crippen molar-refractivity contribution in [2.24, 2.45) is 11.8 Å². The van der Waals surface area contributed by atoms with Crippen molar-refractivity contribution in [2.75, 3.05) is 19.6 Å². The number of nitrogens with zero attached hydrogens (tertiary/aromatic N) is 1. The van der Waals surface area contributed by atoms with Crippen molar-refractivity contribution in [3.8, 4) is 0 Å². The lowest BCUT2D eigenvalue weighted by atomic mass is 9.82. The molecule has 3 nitrogen and oxygen atoms in total. The molecule has 0 spiro atoms. The zero-order valence-electron chi connectivity index (χ0n) is 11.2. The van der Waals surface area contributed by atoms with Gasteiger partial charge in [0.25, 0.3) is 0 Å². The fourth-order valence-corrected chi connectivity index (χ4v) is 3.23. The summed E-state index contributed by atoms with van der Waals surface area (Å²) in [7, 11) is 0. The zero-order valence-corrected chi connectivity index (χ0v) is 11.2. The summed E-state index contributed by atoms with van der Waals surface area (Å²) in [5, 5.41) is 20.2. The molecule has 1 unspecified atom stereocenters. The molecule has 2 N–H and O–H groups in total. The van der Waals surface area contributed by atoms with Crippen LogP contribution in [0.1, 0.15) is 46.0 Å². The Balaban J connectivity index is 1.65. The van der Waals surface area contributed by atoms with Crippen LogP contribution >= 0.6 is 0 Å². The molecule has 3 heteroatoms. The SMILES string of the molecule is CC(C)C1(O)CN(CC(O)CC2CCCC2)C1. The lowest BCUT2D eigenvalue weighted by Crippen LogP contribution is -2.65. The molecule has 0 aromatic carbocycles. The van der Waals surface area contributed by atoms with Crippen LogP contribution in [0, 0.1) is 11.8 Å². The first-order chi connectivity index (χ1) is 7.99. The van der Waals surface area contributed by atoms with Gasteiger partial charge in [-0.25, -0.2) is 0 Å². The van der Waals surface area contributed by atoms with Crippen LogP contribution in [0.15, 0.2) is 0 Å². The molecule has 1 heterocycles. The Kier molecular flexibility index (Phi) is 4.11. The molecule has 1 saturated carbocycles. The Morgan fingerprint density at radius 3 is 2.35 bits per heavy atom. The topological polar surface area (TPSA) is 43.7 Å². The molecular weight excluding hydrogens is 214 g/mol. The maximum atomic E-state index is 10.1. The summed E-state index contributed by atoms with van der Waals surface area (Å²) >= 11 is 0. The highest BCUT2D eigenvalue weighted by molar-refractivity contribution is 4.98. The molecular formula is C14H27NO2. The summed E-state index contributed by atoms with van der Waals surface area (Å²) in [5.74, 6) is 1.06. The van der Waals surface area contributed by atoms with Gasteiger partial charge >= 0.3 is 0 Å². The van der Waals surface area contributed by atoms with Gasteiger partial charge in [-0.15, -0.1) is 0 Å². The highest BCUT2D eigenvalue weighted by Gasteiger charge is 2.43. The van der Waals surface area contributed by atoms with E-state index < -0.39 is 5.60 Å². The van der Waals surface area contributed by atoms with Gasteiger partial charge in [-0.05, 0) is 18.3 Å². The van der Waals surface area contributed by atoms with Crippen molar-refractivity contribution >= 4 is 0 Å². The zero-order chi connectivity index (χ0) is 12.5. The van der Waals surface area contributed by atoms with E-state index in [1.165, 1.54) is 25.7 Å². The third-order valence-corrected chi connectivity index (χ3v) is 4.62. The molecule has 100 valence electrons. The van der Waals surface area contributed by atoms with Gasteiger partial charge < -0.3 is 10.2 Å². The molecule has 0 aromatic heterocycles. The van der Waals surface area contributed by atoms with Gasteiger partial charge in [-0.3, -0.25) is 4.90 Å². The molecule has 0 radical (unpaired) electrons. The van der Waals surface area contributed by atoms with Gasteiger partial charge in [0.15, 0.2) is 0 Å². The van der Waals surface area contributed by atoms with E-state index in [4.69, 9.17) is 0 Å². The number of hydrogen-bond acceptors (Lipinski definition) is 3. The number of likely N-dealkylation sites (tertiary alicyclic amines) is 1. The van der Waals surface area contributed by atoms with Crippen molar-refractivity contribution in [3.05, 3.63) is 0 Å². The maximum absolute atomic E-state index is 10.1. The van der Waals surface area contributed by atoms with Gasteiger partial charge in [0.05, 0.1) is 11.7 Å². The van der Waals surface area contributed by atoms with E-state index >= 15 is 0 Å². The molecule has 2 fully saturated rings. The second-order valence-electron chi connectivity index (χ2n) is 6.47. The molecule has 17 heavy (non-hydrogen) atoms. The van der Waals surface area contributed by atoms with Crippen LogP contribution in [0.25, 0.3) is 0 Å². The van der Waals surface area contributed by atoms with Crippen LogP contribution in [-0.2, 0) is 0 Å². The summed E-state index contributed by atoms with van der Waals surface area (Å²) < 4.78 is 0. The first-order valence-electron chi connectivity index (χ1n) is 7.12. The predicted octanol–water partition coefficient (Wildman–Crippen LogP) is 1.63. The number of aliphatic hydroxyl groups is 2. The molecule has 0 aromatic rings. The summed E-state index contributed by atoms with van der Waals surface area (Å²) in [5.41, 5.74) is -0.507. The van der Waals surface area contributed by atoms with Crippen molar-refractivity contribution in [1.29, 1.82) is 0 Å². The molecule has 1 aliphatic heterocycles. The minimum atomic E-state index is -0.507. The Hall–Kier alpha value is -0.120. The minimum absolute atomic E-state index is 0.199. The van der Waals surface area contributed by atoms with E-state index in [0.29, 0.717) is 5.92 Å². The van der Waals surface area contributed by atoms with E-state index in [1.54, 1.807) is 0 Å². The second kappa shape index (κ2) is 5.25. The van der Waals surface area contributed by atoms with Gasteiger partial charge in [0, 0.05) is 19.6 Å². The lowest BCUT2D eigenvalue weighted by Gasteiger charge is -2.49. The van der Waals surface area contributed by atoms with E-state index in [-0.39, 0.29) is 6.10 Å². The Bertz CT molecular complexity index is 240. The first-order valence-corrected chi connectivity index (χ1v) is 7.12. The predicted molar refractivity (Wildman–Crippen MR) is 68.8 cm³/mol. The quantitative estimate of drug-likeness (QED) is 0.769. The molecule has 0 bridgehead atoms. The number of rotatable bonds is 5. The van der Waals surface area contributed by atoms with Crippen LogP contribution in [0.3, 0.4) is 0 Å². The minimum Gasteiger partial charge on any atom is -0.392 e. The van der Waals surface area contributed by atoms with E-state index in [0.717, 1.165) is 32.0 Å². The average molecular weight is 241 g/mol. The number of hydrogen-bond donors (Lipinski definition) is 2. The van der Waals surface area contributed by atoms with Gasteiger partial charge in [-0.2, -0.15) is 0 Å². The van der Waals surface area contributed by atoms with Gasteiger partial charge in [-0.1, -0.05) is 39.5 Å². The third-order valence-electron chi connectivity index (χ3n) is 4.62. The summed E-state index contributed by atoms with van der Waals surface area (Å²) in [6, 6.07) is 0. The van der Waals surface area contributed by atoms with Crippen LogP contribution < -0.4 is 0 Å². The highest BCUT2D eigenvalue weighted by Crippen LogP contribution is 2.31. The standard InChI is InChI=1S/C14H27NO2/c1-11(2)14(17)9-15(10-14)8-13(16)7-12-5-3-4-6-12/h11-13,16-17H,3-10H2,1-2H3. The largest absolute Gasteiger partial charge is 0.392 e. The smallest absolute Gasteiger partial charge is 0.0922 e. The normalized spacial score (nSPS) is 27.4. The summed E-state index contributed by atoms with van der Waals surface area (Å²) in [6.45, 7) is 6.32. The molecule has 2 rings (SSSR count). The molecule has 1 aliphatic carbocycles. The van der Waals surface area contributed by atoms with E-state index in [1.807, 2.05) is 0 Å². The van der Waals surface area contributed by atoms with Crippen LogP contribution in [0.2, 0.25) is 0 Å². The van der Waals surface area contributed by atoms with E-state index in [2.05, 4.69) is 18.7 Å². The van der Waals surface area contributed by atoms with Crippen LogP contribution in [0.4, 0.5) is 0 Å². The van der Waals surface area contributed by atoms with Crippen molar-refractivity contribution in [3.63, 3.8) is 0 Å². The van der Waals surface area contributed by atoms with Gasteiger partial charge in [0.1, 0.15) is 0 Å². The van der Waals surface area contributed by atoms with Crippen LogP contribution in [0.5, 0.6) is 0 Å². The van der Waals surface area contributed by atoms with Crippen molar-refractivity contribution in [1.82, 2.24) is 4.90 Å². The monoisotopic (exact) mass is 241 g/mol. The molecule has 2 aliphatic rings. The average Bonchev–Trinajstić information content (AvgIpc) is 2.67. The van der Waals surface area contributed by atoms with E-state index in [9.17, 15) is 10.2 Å². The molecule has 0 amide bonds. The number of aliphatic hydroxyl groups excluding tert-OH is 1. The Morgan fingerprint density at radius 1 is 1.24 bits per heavy atom. The van der Waals surface area contributed by atoms with Gasteiger partial charge in [0.2, 0.25) is 0 Å². The fraction of sp³-hybridized carbons (Fsp3) is 1.00. The number of β-amino-alcohol motifs (C(OH)–C–C–N with tert-alkyl or cyclic N) is 2. The summed E-state index contributed by atoms with van der Waals surface area (Å²) in [4.78, 5) is 2.18. The third kappa shape index (κ3) is 3.21. The maximum Gasteiger partial charge on any atom is 0.0922 e. The summed E-state index contributed by atoms with van der Waals surface area (Å²) in [6.07, 6.45) is 6.04. The van der Waals surface area contributed by atoms with Crippen molar-refractivity contribution in [2.45, 2.75) is 57.7 Å². The Labute approximate surface area is 105 Å². The van der Waals surface area contributed by atoms with Crippen molar-refractivity contribution < 1.29 is 10.2 Å². The first kappa shape index (κ1) is 13.3. The lowest BCUT2D eigenvalue weighted by molar-refractivity contribution is -0.136. The molecule has 1 atom stereocenters. The highest BCUT2D eigenvalue weighted by atomic mass is 16.3.